The zero-order valence-electron chi connectivity index (χ0n) is 15.6. The van der Waals surface area contributed by atoms with E-state index in [4.69, 9.17) is 9.84 Å². The van der Waals surface area contributed by atoms with E-state index >= 15 is 0 Å². The zero-order valence-corrected chi connectivity index (χ0v) is 15.6. The van der Waals surface area contributed by atoms with Gasteiger partial charge >= 0.3 is 0 Å². The fourth-order valence-corrected chi connectivity index (χ4v) is 5.21. The van der Waals surface area contributed by atoms with Crippen LogP contribution in [0.4, 0.5) is 0 Å². The molecule has 2 bridgehead atoms. The lowest BCUT2D eigenvalue weighted by Crippen LogP contribution is -2.26. The van der Waals surface area contributed by atoms with E-state index in [9.17, 15) is 5.11 Å². The van der Waals surface area contributed by atoms with E-state index < -0.39 is 0 Å². The van der Waals surface area contributed by atoms with E-state index in [0.29, 0.717) is 24.0 Å². The van der Waals surface area contributed by atoms with Crippen molar-refractivity contribution < 1.29 is 14.9 Å². The highest BCUT2D eigenvalue weighted by Gasteiger charge is 2.47. The topological polar surface area (TPSA) is 49.7 Å². The van der Waals surface area contributed by atoms with Crippen molar-refractivity contribution in [2.75, 3.05) is 6.61 Å². The van der Waals surface area contributed by atoms with E-state index in [0.717, 1.165) is 18.8 Å². The summed E-state index contributed by atoms with van der Waals surface area (Å²) < 4.78 is 6.18. The first-order valence-electron chi connectivity index (χ1n) is 10.6. The van der Waals surface area contributed by atoms with Crippen molar-refractivity contribution in [3.63, 3.8) is 0 Å². The molecular weight excluding hydrogens is 312 g/mol. The molecule has 142 valence electrons. The normalized spacial score (nSPS) is 34.0. The Hall–Kier alpha value is -0.640. The van der Waals surface area contributed by atoms with Crippen molar-refractivity contribution in [3.05, 3.63) is 24.3 Å². The van der Waals surface area contributed by atoms with Gasteiger partial charge in [0.2, 0.25) is 0 Å². The largest absolute Gasteiger partial charge is 0.392 e. The molecule has 0 aromatic rings. The highest BCUT2D eigenvalue weighted by molar-refractivity contribution is 5.07. The summed E-state index contributed by atoms with van der Waals surface area (Å²) in [6.07, 6.45) is 22.2. The summed E-state index contributed by atoms with van der Waals surface area (Å²) in [4.78, 5) is 0. The summed E-state index contributed by atoms with van der Waals surface area (Å²) in [6.45, 7) is 0.149. The van der Waals surface area contributed by atoms with Gasteiger partial charge in [0.25, 0.3) is 0 Å². The number of fused-ring (bicyclic) bond motifs is 2. The summed E-state index contributed by atoms with van der Waals surface area (Å²) in [6, 6.07) is 0. The van der Waals surface area contributed by atoms with Crippen molar-refractivity contribution >= 4 is 0 Å². The number of rotatable bonds is 10. The number of ether oxygens (including phenoxy) is 1. The van der Waals surface area contributed by atoms with Crippen LogP contribution in [-0.2, 0) is 4.74 Å². The molecule has 3 aliphatic rings. The van der Waals surface area contributed by atoms with Crippen LogP contribution in [0.5, 0.6) is 0 Å². The first-order chi connectivity index (χ1) is 12.3. The molecule has 0 aromatic carbocycles. The summed E-state index contributed by atoms with van der Waals surface area (Å²) in [7, 11) is 0. The van der Waals surface area contributed by atoms with Crippen LogP contribution in [0.15, 0.2) is 24.3 Å². The number of allylic oxidation sites excluding steroid dienone is 1. The molecule has 5 atom stereocenters. The first-order valence-corrected chi connectivity index (χ1v) is 10.6. The van der Waals surface area contributed by atoms with Gasteiger partial charge in [-0.25, -0.2) is 0 Å². The van der Waals surface area contributed by atoms with Gasteiger partial charge in [-0.1, -0.05) is 56.4 Å². The van der Waals surface area contributed by atoms with E-state index in [2.05, 4.69) is 18.2 Å². The second-order valence-electron chi connectivity index (χ2n) is 8.31. The van der Waals surface area contributed by atoms with Gasteiger partial charge in [0.15, 0.2) is 0 Å². The molecule has 2 N–H and O–H groups in total. The SMILES string of the molecule is OCC=CCCCCC1C2CCC(O2)C1C=CC(O)CC1CCCC1. The fourth-order valence-electron chi connectivity index (χ4n) is 5.21. The van der Waals surface area contributed by atoms with Crippen LogP contribution < -0.4 is 0 Å². The third-order valence-electron chi connectivity index (χ3n) is 6.52. The minimum absolute atomic E-state index is 0.149. The van der Waals surface area contributed by atoms with Gasteiger partial charge in [-0.2, -0.15) is 0 Å². The number of hydrogen-bond donors (Lipinski definition) is 2. The molecule has 25 heavy (non-hydrogen) atoms. The van der Waals surface area contributed by atoms with Crippen LogP contribution in [0.3, 0.4) is 0 Å². The third kappa shape index (κ3) is 5.42. The molecule has 0 amide bonds. The van der Waals surface area contributed by atoms with Gasteiger partial charge in [-0.15, -0.1) is 0 Å². The minimum Gasteiger partial charge on any atom is -0.392 e. The maximum Gasteiger partial charge on any atom is 0.0723 e. The van der Waals surface area contributed by atoms with Crippen LogP contribution in [-0.4, -0.2) is 35.1 Å². The molecule has 0 aromatic heterocycles. The van der Waals surface area contributed by atoms with Crippen molar-refractivity contribution in [3.8, 4) is 0 Å². The van der Waals surface area contributed by atoms with E-state index in [-0.39, 0.29) is 12.7 Å². The highest BCUT2D eigenvalue weighted by Crippen LogP contribution is 2.46. The Morgan fingerprint density at radius 1 is 1.00 bits per heavy atom. The molecule has 0 spiro atoms. The predicted molar refractivity (Wildman–Crippen MR) is 101 cm³/mol. The van der Waals surface area contributed by atoms with Crippen LogP contribution >= 0.6 is 0 Å². The zero-order chi connectivity index (χ0) is 17.5. The average molecular weight is 349 g/mol. The second kappa shape index (κ2) is 9.89. The lowest BCUT2D eigenvalue weighted by Gasteiger charge is -2.26. The van der Waals surface area contributed by atoms with Crippen molar-refractivity contribution in [1.82, 2.24) is 0 Å². The molecule has 0 radical (unpaired) electrons. The Bertz CT molecular complexity index is 439. The first kappa shape index (κ1) is 19.1. The predicted octanol–water partition coefficient (Wildman–Crippen LogP) is 4.39. The van der Waals surface area contributed by atoms with Crippen molar-refractivity contribution in [2.24, 2.45) is 17.8 Å². The Balaban J connectivity index is 1.44. The average Bonchev–Trinajstić information content (AvgIpc) is 3.34. The molecule has 3 heteroatoms. The number of aliphatic hydroxyl groups is 2. The molecule has 3 fully saturated rings. The maximum atomic E-state index is 10.4. The molecule has 2 saturated heterocycles. The van der Waals surface area contributed by atoms with Crippen molar-refractivity contribution in [2.45, 2.75) is 88.9 Å². The second-order valence-corrected chi connectivity index (χ2v) is 8.31. The standard InChI is InChI=1S/C22H36O3/c23-15-7-3-1-2-4-10-19-20(22-14-13-21(19)25-22)12-11-18(24)16-17-8-5-6-9-17/h3,7,11-12,17-24H,1-2,4-6,8-10,13-16H2. The summed E-state index contributed by atoms with van der Waals surface area (Å²) in [5.74, 6) is 1.87. The van der Waals surface area contributed by atoms with Gasteiger partial charge < -0.3 is 14.9 Å². The van der Waals surface area contributed by atoms with Crippen LogP contribution in [0.2, 0.25) is 0 Å². The monoisotopic (exact) mass is 348 g/mol. The summed E-state index contributed by atoms with van der Waals surface area (Å²) in [5, 5.41) is 19.1. The lowest BCUT2D eigenvalue weighted by atomic mass is 9.76. The molecule has 3 rings (SSSR count). The summed E-state index contributed by atoms with van der Waals surface area (Å²) >= 11 is 0. The lowest BCUT2D eigenvalue weighted by molar-refractivity contribution is 0.0884. The molecule has 2 aliphatic heterocycles. The van der Waals surface area contributed by atoms with Crippen molar-refractivity contribution in [1.29, 1.82) is 0 Å². The van der Waals surface area contributed by atoms with Gasteiger partial charge in [-0.3, -0.25) is 0 Å². The van der Waals surface area contributed by atoms with E-state index in [1.165, 1.54) is 57.8 Å². The number of unbranched alkanes of at least 4 members (excludes halogenated alkanes) is 2. The molecule has 1 saturated carbocycles. The van der Waals surface area contributed by atoms with Crippen LogP contribution in [0.1, 0.15) is 70.6 Å². The van der Waals surface area contributed by atoms with Gasteiger partial charge in [0.05, 0.1) is 24.9 Å². The highest BCUT2D eigenvalue weighted by atomic mass is 16.5. The fraction of sp³-hybridized carbons (Fsp3) is 0.818. The van der Waals surface area contributed by atoms with Crippen LogP contribution in [0.25, 0.3) is 0 Å². The molecule has 5 unspecified atom stereocenters. The Morgan fingerprint density at radius 3 is 2.60 bits per heavy atom. The quantitative estimate of drug-likeness (QED) is 0.455. The van der Waals surface area contributed by atoms with E-state index in [1.807, 2.05) is 6.08 Å². The maximum absolute atomic E-state index is 10.4. The third-order valence-corrected chi connectivity index (χ3v) is 6.52. The van der Waals surface area contributed by atoms with Gasteiger partial charge in [-0.05, 0) is 50.4 Å². The number of aliphatic hydroxyl groups excluding tert-OH is 2. The number of hydrogen-bond acceptors (Lipinski definition) is 3. The Morgan fingerprint density at radius 2 is 1.80 bits per heavy atom. The van der Waals surface area contributed by atoms with Gasteiger partial charge in [0, 0.05) is 5.92 Å². The van der Waals surface area contributed by atoms with Gasteiger partial charge in [0.1, 0.15) is 0 Å². The minimum atomic E-state index is -0.272. The Kier molecular flexibility index (Phi) is 7.57. The molecular formula is C22H36O3. The summed E-state index contributed by atoms with van der Waals surface area (Å²) in [5.41, 5.74) is 0. The smallest absolute Gasteiger partial charge is 0.0723 e. The molecule has 3 nitrogen and oxygen atoms in total. The van der Waals surface area contributed by atoms with Crippen LogP contribution in [0, 0.1) is 17.8 Å². The molecule has 1 aliphatic carbocycles. The molecule has 2 heterocycles. The van der Waals surface area contributed by atoms with E-state index in [1.54, 1.807) is 0 Å². The Labute approximate surface area is 153 Å².